The summed E-state index contributed by atoms with van der Waals surface area (Å²) in [5.74, 6) is -0.579. The van der Waals surface area contributed by atoms with E-state index in [9.17, 15) is 8.78 Å². The summed E-state index contributed by atoms with van der Waals surface area (Å²) in [6, 6.07) is 24.7. The van der Waals surface area contributed by atoms with Gasteiger partial charge in [-0.3, -0.25) is 0 Å². The molecule has 2 heterocycles. The monoisotopic (exact) mass is 408 g/mol. The van der Waals surface area contributed by atoms with Crippen LogP contribution in [0.3, 0.4) is 0 Å². The lowest BCUT2D eigenvalue weighted by molar-refractivity contribution is 0.288. The van der Waals surface area contributed by atoms with Crippen molar-refractivity contribution in [1.82, 2.24) is 20.4 Å². The van der Waals surface area contributed by atoms with E-state index in [1.54, 1.807) is 0 Å². The van der Waals surface area contributed by atoms with Gasteiger partial charge in [-0.25, -0.2) is 0 Å². The van der Waals surface area contributed by atoms with E-state index in [0.717, 1.165) is 11.1 Å². The van der Waals surface area contributed by atoms with Crippen LogP contribution in [0.15, 0.2) is 84.9 Å². The number of rotatable bonds is 6. The van der Waals surface area contributed by atoms with E-state index in [4.69, 9.17) is 9.47 Å². The summed E-state index contributed by atoms with van der Waals surface area (Å²) in [6.45, 7) is 0.808. The molecule has 0 N–H and O–H groups in total. The summed E-state index contributed by atoms with van der Waals surface area (Å²) < 4.78 is 35.5. The minimum Gasteiger partial charge on any atom is -0.472 e. The number of halogens is 2. The molecule has 8 heteroatoms. The average Bonchev–Trinajstić information content (AvgIpc) is 2.80. The van der Waals surface area contributed by atoms with Crippen molar-refractivity contribution in [3.63, 3.8) is 0 Å². The summed E-state index contributed by atoms with van der Waals surface area (Å²) in [4.78, 5) is 0. The van der Waals surface area contributed by atoms with Crippen LogP contribution in [0, 0.1) is 11.9 Å². The molecule has 0 saturated carbocycles. The van der Waals surface area contributed by atoms with E-state index in [1.165, 1.54) is 24.3 Å². The molecule has 2 aromatic carbocycles. The van der Waals surface area contributed by atoms with Gasteiger partial charge in [-0.1, -0.05) is 60.7 Å². The third kappa shape index (κ3) is 7.23. The maximum absolute atomic E-state index is 12.4. The van der Waals surface area contributed by atoms with Crippen LogP contribution in [-0.2, 0) is 13.2 Å². The Morgan fingerprint density at radius 2 is 0.900 bits per heavy atom. The quantitative estimate of drug-likeness (QED) is 0.471. The van der Waals surface area contributed by atoms with Crippen LogP contribution < -0.4 is 9.47 Å². The third-order valence-electron chi connectivity index (χ3n) is 3.67. The fourth-order valence-electron chi connectivity index (χ4n) is 2.22. The van der Waals surface area contributed by atoms with Gasteiger partial charge < -0.3 is 9.47 Å². The second kappa shape index (κ2) is 11.2. The van der Waals surface area contributed by atoms with E-state index in [0.29, 0.717) is 25.0 Å². The maximum atomic E-state index is 12.4. The summed E-state index contributed by atoms with van der Waals surface area (Å²) in [7, 11) is 0. The smallest absolute Gasteiger partial charge is 0.233 e. The Morgan fingerprint density at radius 3 is 1.23 bits per heavy atom. The topological polar surface area (TPSA) is 70.0 Å². The molecule has 4 rings (SSSR count). The zero-order valence-electron chi connectivity index (χ0n) is 15.9. The number of benzene rings is 2. The molecule has 0 radical (unpaired) electrons. The van der Waals surface area contributed by atoms with Crippen molar-refractivity contribution < 1.29 is 18.3 Å². The zero-order chi connectivity index (χ0) is 21.0. The van der Waals surface area contributed by atoms with Gasteiger partial charge in [0.2, 0.25) is 23.7 Å². The molecule has 0 bridgehead atoms. The normalized spacial score (nSPS) is 9.93. The van der Waals surface area contributed by atoms with Crippen LogP contribution in [0.4, 0.5) is 8.78 Å². The predicted octanol–water partition coefficient (Wildman–Crippen LogP) is 4.39. The van der Waals surface area contributed by atoms with Gasteiger partial charge in [0.1, 0.15) is 13.2 Å². The molecular formula is C22H18F2N4O2. The number of hydrogen-bond donors (Lipinski definition) is 0. The van der Waals surface area contributed by atoms with Crippen molar-refractivity contribution in [2.75, 3.05) is 0 Å². The lowest BCUT2D eigenvalue weighted by atomic mass is 10.2. The van der Waals surface area contributed by atoms with Gasteiger partial charge in [0.25, 0.3) is 0 Å². The molecule has 30 heavy (non-hydrogen) atoms. The highest BCUT2D eigenvalue weighted by Crippen LogP contribution is 2.08. The van der Waals surface area contributed by atoms with Gasteiger partial charge in [0.15, 0.2) is 0 Å². The molecule has 0 atom stereocenters. The van der Waals surface area contributed by atoms with Crippen molar-refractivity contribution in [3.05, 3.63) is 108 Å². The van der Waals surface area contributed by atoms with Gasteiger partial charge in [0.05, 0.1) is 0 Å². The fourth-order valence-corrected chi connectivity index (χ4v) is 2.22. The van der Waals surface area contributed by atoms with Crippen molar-refractivity contribution in [2.24, 2.45) is 0 Å². The number of ether oxygens (including phenoxy) is 2. The lowest BCUT2D eigenvalue weighted by Crippen LogP contribution is -1.98. The molecular weight excluding hydrogens is 390 g/mol. The minimum absolute atomic E-state index is 0.320. The van der Waals surface area contributed by atoms with Gasteiger partial charge in [0, 0.05) is 24.3 Å². The molecule has 0 aliphatic rings. The molecule has 0 amide bonds. The van der Waals surface area contributed by atoms with Crippen LogP contribution >= 0.6 is 0 Å². The highest BCUT2D eigenvalue weighted by atomic mass is 19.1. The van der Waals surface area contributed by atoms with E-state index in [1.807, 2.05) is 60.7 Å². The minimum atomic E-state index is -0.609. The first kappa shape index (κ1) is 20.8. The predicted molar refractivity (Wildman–Crippen MR) is 106 cm³/mol. The van der Waals surface area contributed by atoms with Crippen LogP contribution in [0.5, 0.6) is 11.8 Å². The van der Waals surface area contributed by atoms with Crippen molar-refractivity contribution in [3.8, 4) is 11.8 Å². The van der Waals surface area contributed by atoms with Crippen molar-refractivity contribution in [2.45, 2.75) is 13.2 Å². The van der Waals surface area contributed by atoms with Gasteiger partial charge in [-0.05, 0) is 11.1 Å². The highest BCUT2D eigenvalue weighted by Gasteiger charge is 1.99. The Kier molecular flexibility index (Phi) is 7.73. The molecule has 0 spiro atoms. The molecule has 0 aliphatic carbocycles. The lowest BCUT2D eigenvalue weighted by Gasteiger charge is -2.03. The largest absolute Gasteiger partial charge is 0.472 e. The van der Waals surface area contributed by atoms with E-state index >= 15 is 0 Å². The first-order chi connectivity index (χ1) is 14.7. The first-order valence-corrected chi connectivity index (χ1v) is 9.01. The standard InChI is InChI=1S/2C11H9FN2O/c2*12-10-6-7-11(14-13-10)15-8-9-4-2-1-3-5-9/h2*1-7H,8H2. The van der Waals surface area contributed by atoms with Crippen LogP contribution in [-0.4, -0.2) is 20.4 Å². The molecule has 0 aliphatic heterocycles. The Labute approximate surface area is 172 Å². The van der Waals surface area contributed by atoms with E-state index in [-0.39, 0.29) is 0 Å². The molecule has 152 valence electrons. The van der Waals surface area contributed by atoms with E-state index < -0.39 is 11.9 Å². The Hall–Kier alpha value is -3.94. The fraction of sp³-hybridized carbons (Fsp3) is 0.0909. The molecule has 0 saturated heterocycles. The van der Waals surface area contributed by atoms with Gasteiger partial charge in [-0.15, -0.1) is 20.4 Å². The second-order valence-corrected chi connectivity index (χ2v) is 5.94. The van der Waals surface area contributed by atoms with E-state index in [2.05, 4.69) is 20.4 Å². The molecule has 2 aromatic heterocycles. The summed E-state index contributed by atoms with van der Waals surface area (Å²) in [6.07, 6.45) is 0. The molecule has 0 unspecified atom stereocenters. The maximum Gasteiger partial charge on any atom is 0.233 e. The first-order valence-electron chi connectivity index (χ1n) is 9.01. The number of hydrogen-bond acceptors (Lipinski definition) is 6. The molecule has 6 nitrogen and oxygen atoms in total. The molecule has 4 aromatic rings. The van der Waals surface area contributed by atoms with Crippen molar-refractivity contribution in [1.29, 1.82) is 0 Å². The summed E-state index contributed by atoms with van der Waals surface area (Å²) in [5, 5.41) is 13.6. The second-order valence-electron chi connectivity index (χ2n) is 5.94. The SMILES string of the molecule is Fc1ccc(OCc2ccccc2)nn1.Fc1ccc(OCc2ccccc2)nn1. The Morgan fingerprint density at radius 1 is 0.500 bits per heavy atom. The van der Waals surface area contributed by atoms with Gasteiger partial charge in [-0.2, -0.15) is 8.78 Å². The highest BCUT2D eigenvalue weighted by molar-refractivity contribution is 5.16. The van der Waals surface area contributed by atoms with Gasteiger partial charge >= 0.3 is 0 Å². The zero-order valence-corrected chi connectivity index (χ0v) is 15.9. The average molecular weight is 408 g/mol. The van der Waals surface area contributed by atoms with Crippen LogP contribution in [0.2, 0.25) is 0 Å². The summed E-state index contributed by atoms with van der Waals surface area (Å²) >= 11 is 0. The third-order valence-corrected chi connectivity index (χ3v) is 3.67. The molecule has 0 fully saturated rings. The Balaban J connectivity index is 0.000000171. The Bertz CT molecular complexity index is 918. The van der Waals surface area contributed by atoms with Crippen LogP contribution in [0.25, 0.3) is 0 Å². The summed E-state index contributed by atoms with van der Waals surface area (Å²) in [5.41, 5.74) is 2.06. The van der Waals surface area contributed by atoms with Crippen LogP contribution in [0.1, 0.15) is 11.1 Å². The van der Waals surface area contributed by atoms with Crippen molar-refractivity contribution >= 4 is 0 Å². The number of aromatic nitrogens is 4. The number of nitrogens with zero attached hydrogens (tertiary/aromatic N) is 4.